The number of unbranched alkanes of at least 4 members (excludes halogenated alkanes) is 1. The van der Waals surface area contributed by atoms with E-state index in [1.807, 2.05) is 6.92 Å². The van der Waals surface area contributed by atoms with Crippen molar-refractivity contribution in [2.75, 3.05) is 11.4 Å². The van der Waals surface area contributed by atoms with Crippen LogP contribution in [0.3, 0.4) is 0 Å². The number of amides is 2. The first-order chi connectivity index (χ1) is 8.16. The summed E-state index contributed by atoms with van der Waals surface area (Å²) in [4.78, 5) is 16.8. The van der Waals surface area contributed by atoms with Crippen LogP contribution >= 0.6 is 0 Å². The normalized spacial score (nSPS) is 9.71. The fraction of sp³-hybridized carbons (Fsp3) is 0.364. The quantitative estimate of drug-likeness (QED) is 0.417. The summed E-state index contributed by atoms with van der Waals surface area (Å²) in [6.07, 6.45) is 4.97. The summed E-state index contributed by atoms with van der Waals surface area (Å²) in [5.41, 5.74) is 5.88. The Hall–Kier alpha value is -2.11. The van der Waals surface area contributed by atoms with Gasteiger partial charge in [0.15, 0.2) is 0 Å². The minimum atomic E-state index is -0.404. The van der Waals surface area contributed by atoms with Gasteiger partial charge in [-0.2, -0.15) is 0 Å². The fourth-order valence-electron chi connectivity index (χ4n) is 1.30. The first-order valence-electron chi connectivity index (χ1n) is 5.48. The molecule has 0 aliphatic rings. The van der Waals surface area contributed by atoms with Crippen molar-refractivity contribution >= 4 is 17.7 Å². The predicted molar refractivity (Wildman–Crippen MR) is 66.9 cm³/mol. The van der Waals surface area contributed by atoms with Gasteiger partial charge >= 0.3 is 6.03 Å². The average molecular weight is 235 g/mol. The third kappa shape index (κ3) is 3.75. The van der Waals surface area contributed by atoms with Gasteiger partial charge in [0, 0.05) is 12.7 Å². The van der Waals surface area contributed by atoms with E-state index in [4.69, 9.17) is 11.1 Å². The topological polar surface area (TPSA) is 95.1 Å². The second-order valence-electron chi connectivity index (χ2n) is 3.52. The van der Waals surface area contributed by atoms with Crippen LogP contribution in [0.2, 0.25) is 0 Å². The molecule has 0 aliphatic heterocycles. The molecule has 0 aromatic carbocycles. The molecule has 92 valence electrons. The lowest BCUT2D eigenvalue weighted by Crippen LogP contribution is -2.47. The third-order valence-electron chi connectivity index (χ3n) is 2.15. The minimum absolute atomic E-state index is 0.327. The van der Waals surface area contributed by atoms with Crippen LogP contribution in [-0.2, 0) is 0 Å². The van der Waals surface area contributed by atoms with Crippen molar-refractivity contribution in [3.05, 3.63) is 24.5 Å². The summed E-state index contributed by atoms with van der Waals surface area (Å²) in [6.45, 7) is 2.61. The number of hydrogen-bond acceptors (Lipinski definition) is 3. The van der Waals surface area contributed by atoms with Crippen molar-refractivity contribution in [3.8, 4) is 0 Å². The molecular weight excluding hydrogens is 218 g/mol. The van der Waals surface area contributed by atoms with Crippen LogP contribution in [0.25, 0.3) is 0 Å². The van der Waals surface area contributed by atoms with Crippen LogP contribution < -0.4 is 16.0 Å². The molecule has 1 aromatic rings. The molecule has 0 bridgehead atoms. The Balaban J connectivity index is 2.73. The molecule has 0 spiro atoms. The number of urea groups is 1. The molecule has 2 amide bonds. The molecule has 17 heavy (non-hydrogen) atoms. The summed E-state index contributed by atoms with van der Waals surface area (Å²) in [6, 6.07) is 2.96. The molecule has 6 nitrogen and oxygen atoms in total. The first-order valence-corrected chi connectivity index (χ1v) is 5.48. The first kappa shape index (κ1) is 13.0. The number of hydrogen-bond donors (Lipinski definition) is 3. The van der Waals surface area contributed by atoms with E-state index in [0.29, 0.717) is 12.2 Å². The number of nitrogens with zero attached hydrogens (tertiary/aromatic N) is 2. The van der Waals surface area contributed by atoms with Crippen molar-refractivity contribution < 1.29 is 4.79 Å². The molecule has 0 atom stereocenters. The third-order valence-corrected chi connectivity index (χ3v) is 2.15. The van der Waals surface area contributed by atoms with Gasteiger partial charge in [0.05, 0.1) is 11.9 Å². The van der Waals surface area contributed by atoms with E-state index < -0.39 is 6.03 Å². The smallest absolute Gasteiger partial charge is 0.328 e. The van der Waals surface area contributed by atoms with E-state index in [1.54, 1.807) is 18.3 Å². The number of nitrogens with one attached hydrogen (secondary N) is 2. The molecule has 0 fully saturated rings. The Morgan fingerprint density at radius 2 is 2.41 bits per heavy atom. The van der Waals surface area contributed by atoms with Gasteiger partial charge in [-0.25, -0.2) is 9.69 Å². The number of pyridine rings is 1. The maximum absolute atomic E-state index is 11.8. The number of aromatic nitrogens is 1. The Kier molecular flexibility index (Phi) is 4.93. The highest BCUT2D eigenvalue weighted by Crippen LogP contribution is 2.10. The number of carbonyl (C=O) groups is 1. The number of nitrogens with two attached hydrogens (primary N) is 1. The van der Waals surface area contributed by atoms with Gasteiger partial charge in [0.25, 0.3) is 0 Å². The Morgan fingerprint density at radius 3 is 2.94 bits per heavy atom. The van der Waals surface area contributed by atoms with Crippen LogP contribution in [0, 0.1) is 5.41 Å². The van der Waals surface area contributed by atoms with Crippen LogP contribution in [0.4, 0.5) is 10.5 Å². The molecule has 0 saturated heterocycles. The predicted octanol–water partition coefficient (Wildman–Crippen LogP) is 1.29. The van der Waals surface area contributed by atoms with Crippen molar-refractivity contribution in [1.29, 1.82) is 5.41 Å². The molecule has 6 heteroatoms. The lowest BCUT2D eigenvalue weighted by atomic mass is 10.3. The van der Waals surface area contributed by atoms with Crippen LogP contribution in [0.5, 0.6) is 0 Å². The zero-order valence-electron chi connectivity index (χ0n) is 9.81. The Morgan fingerprint density at radius 1 is 1.65 bits per heavy atom. The molecular formula is C11H17N5O. The molecule has 1 heterocycles. The second kappa shape index (κ2) is 6.47. The standard InChI is InChI=1S/C11H17N5O/c1-2-3-7-15-11(17)16(10(12)13)9-5-4-6-14-8-9/h4-6,8H,2-3,7H2,1H3,(H3,12,13)(H,15,17). The molecule has 0 unspecified atom stereocenters. The molecule has 4 N–H and O–H groups in total. The van der Waals surface area contributed by atoms with Gasteiger partial charge in [-0.05, 0) is 18.6 Å². The van der Waals surface area contributed by atoms with E-state index in [1.165, 1.54) is 6.20 Å². The highest BCUT2D eigenvalue weighted by atomic mass is 16.2. The highest BCUT2D eigenvalue weighted by Gasteiger charge is 2.17. The summed E-state index contributed by atoms with van der Waals surface area (Å²) in [5, 5.41) is 10.1. The summed E-state index contributed by atoms with van der Waals surface area (Å²) < 4.78 is 0. The highest BCUT2D eigenvalue weighted by molar-refractivity contribution is 6.13. The average Bonchev–Trinajstić information content (AvgIpc) is 2.30. The van der Waals surface area contributed by atoms with E-state index in [2.05, 4.69) is 10.3 Å². The van der Waals surface area contributed by atoms with Crippen molar-refractivity contribution in [2.24, 2.45) is 5.73 Å². The van der Waals surface area contributed by atoms with E-state index in [-0.39, 0.29) is 5.96 Å². The van der Waals surface area contributed by atoms with Crippen LogP contribution in [0.15, 0.2) is 24.5 Å². The zero-order chi connectivity index (χ0) is 12.7. The van der Waals surface area contributed by atoms with Crippen molar-refractivity contribution in [3.63, 3.8) is 0 Å². The SMILES string of the molecule is CCCCNC(=O)N(C(=N)N)c1cccnc1. The van der Waals surface area contributed by atoms with E-state index in [0.717, 1.165) is 17.7 Å². The van der Waals surface area contributed by atoms with Crippen LogP contribution in [-0.4, -0.2) is 23.5 Å². The van der Waals surface area contributed by atoms with Gasteiger partial charge in [-0.1, -0.05) is 13.3 Å². The van der Waals surface area contributed by atoms with E-state index >= 15 is 0 Å². The number of guanidine groups is 1. The Labute approximate surface area is 100 Å². The number of rotatable bonds is 4. The molecule has 1 rings (SSSR count). The lowest BCUT2D eigenvalue weighted by Gasteiger charge is -2.20. The van der Waals surface area contributed by atoms with Crippen molar-refractivity contribution in [2.45, 2.75) is 19.8 Å². The number of carbonyl (C=O) groups excluding carboxylic acids is 1. The molecule has 1 aromatic heterocycles. The zero-order valence-corrected chi connectivity index (χ0v) is 9.81. The number of anilines is 1. The van der Waals surface area contributed by atoms with Crippen molar-refractivity contribution in [1.82, 2.24) is 10.3 Å². The lowest BCUT2D eigenvalue weighted by molar-refractivity contribution is 0.249. The van der Waals surface area contributed by atoms with Gasteiger partial charge in [-0.3, -0.25) is 10.4 Å². The maximum Gasteiger partial charge on any atom is 0.328 e. The largest absolute Gasteiger partial charge is 0.369 e. The Bertz CT molecular complexity index is 379. The molecule has 0 saturated carbocycles. The van der Waals surface area contributed by atoms with Gasteiger partial charge in [0.1, 0.15) is 0 Å². The fourth-order valence-corrected chi connectivity index (χ4v) is 1.30. The summed E-state index contributed by atoms with van der Waals surface area (Å²) in [5.74, 6) is -0.327. The molecule has 0 radical (unpaired) electrons. The van der Waals surface area contributed by atoms with Gasteiger partial charge < -0.3 is 11.1 Å². The van der Waals surface area contributed by atoms with E-state index in [9.17, 15) is 4.79 Å². The van der Waals surface area contributed by atoms with Crippen LogP contribution in [0.1, 0.15) is 19.8 Å². The monoisotopic (exact) mass is 235 g/mol. The molecule has 0 aliphatic carbocycles. The summed E-state index contributed by atoms with van der Waals surface area (Å²) >= 11 is 0. The van der Waals surface area contributed by atoms with Gasteiger partial charge in [-0.15, -0.1) is 0 Å². The maximum atomic E-state index is 11.8. The minimum Gasteiger partial charge on any atom is -0.369 e. The summed E-state index contributed by atoms with van der Waals surface area (Å²) in [7, 11) is 0. The second-order valence-corrected chi connectivity index (χ2v) is 3.52. The van der Waals surface area contributed by atoms with Gasteiger partial charge in [0.2, 0.25) is 5.96 Å².